The summed E-state index contributed by atoms with van der Waals surface area (Å²) in [7, 11) is 1.62. The second kappa shape index (κ2) is 7.69. The molecule has 0 fully saturated rings. The molecule has 6 nitrogen and oxygen atoms in total. The van der Waals surface area contributed by atoms with E-state index in [1.807, 2.05) is 4.90 Å². The van der Waals surface area contributed by atoms with Crippen LogP contribution in [0.25, 0.3) is 0 Å². The van der Waals surface area contributed by atoms with Crippen molar-refractivity contribution < 1.29 is 14.6 Å². The standard InChI is InChI=1S/C14H23N3O3/c1-4-11(5-2)17(6-7-20-3)13-12(14(18)19)8-10(15)9-16-13/h8-9,11H,4-7,15H2,1-3H3,(H,18,19). The van der Waals surface area contributed by atoms with Gasteiger partial charge in [-0.25, -0.2) is 9.78 Å². The lowest BCUT2D eigenvalue weighted by atomic mass is 10.1. The lowest BCUT2D eigenvalue weighted by molar-refractivity contribution is 0.0697. The third-order valence-electron chi connectivity index (χ3n) is 3.31. The third-order valence-corrected chi connectivity index (χ3v) is 3.31. The topological polar surface area (TPSA) is 88.7 Å². The zero-order valence-electron chi connectivity index (χ0n) is 12.3. The molecule has 0 saturated heterocycles. The fourth-order valence-corrected chi connectivity index (χ4v) is 2.24. The Morgan fingerprint density at radius 3 is 2.65 bits per heavy atom. The summed E-state index contributed by atoms with van der Waals surface area (Å²) >= 11 is 0. The maximum atomic E-state index is 11.4. The van der Waals surface area contributed by atoms with Gasteiger partial charge >= 0.3 is 5.97 Å². The highest BCUT2D eigenvalue weighted by Gasteiger charge is 2.22. The fourth-order valence-electron chi connectivity index (χ4n) is 2.24. The summed E-state index contributed by atoms with van der Waals surface area (Å²) in [5.41, 5.74) is 6.12. The highest BCUT2D eigenvalue weighted by molar-refractivity contribution is 5.94. The predicted octanol–water partition coefficient (Wildman–Crippen LogP) is 2.00. The first-order chi connectivity index (χ1) is 9.54. The predicted molar refractivity (Wildman–Crippen MR) is 79.2 cm³/mol. The summed E-state index contributed by atoms with van der Waals surface area (Å²) in [6.07, 6.45) is 3.31. The van der Waals surface area contributed by atoms with Crippen molar-refractivity contribution in [1.82, 2.24) is 4.98 Å². The van der Waals surface area contributed by atoms with E-state index in [1.54, 1.807) is 7.11 Å². The molecule has 0 bridgehead atoms. The number of nitrogens with two attached hydrogens (primary N) is 1. The maximum absolute atomic E-state index is 11.4. The number of ether oxygens (including phenoxy) is 1. The molecule has 0 aliphatic heterocycles. The molecule has 0 spiro atoms. The van der Waals surface area contributed by atoms with Crippen LogP contribution in [0.1, 0.15) is 37.0 Å². The molecule has 0 amide bonds. The summed E-state index contributed by atoms with van der Waals surface area (Å²) in [6.45, 7) is 5.26. The van der Waals surface area contributed by atoms with Crippen LogP contribution >= 0.6 is 0 Å². The van der Waals surface area contributed by atoms with Crippen molar-refractivity contribution >= 4 is 17.5 Å². The van der Waals surface area contributed by atoms with Crippen molar-refractivity contribution in [3.63, 3.8) is 0 Å². The highest BCUT2D eigenvalue weighted by atomic mass is 16.5. The molecule has 0 unspecified atom stereocenters. The molecule has 20 heavy (non-hydrogen) atoms. The van der Waals surface area contributed by atoms with Crippen molar-refractivity contribution in [3.8, 4) is 0 Å². The van der Waals surface area contributed by atoms with Crippen molar-refractivity contribution in [1.29, 1.82) is 0 Å². The molecule has 0 aliphatic rings. The minimum Gasteiger partial charge on any atom is -0.478 e. The molecule has 1 aromatic heterocycles. The molecule has 0 aromatic carbocycles. The summed E-state index contributed by atoms with van der Waals surface area (Å²) < 4.78 is 5.12. The van der Waals surface area contributed by atoms with Gasteiger partial charge in [0, 0.05) is 19.7 Å². The summed E-state index contributed by atoms with van der Waals surface area (Å²) in [4.78, 5) is 17.6. The van der Waals surface area contributed by atoms with Crippen LogP contribution in [0.2, 0.25) is 0 Å². The molecular formula is C14H23N3O3. The number of hydrogen-bond donors (Lipinski definition) is 2. The molecule has 1 aromatic rings. The number of anilines is 2. The maximum Gasteiger partial charge on any atom is 0.339 e. The van der Waals surface area contributed by atoms with Crippen LogP contribution in [0.15, 0.2) is 12.3 Å². The van der Waals surface area contributed by atoms with Gasteiger partial charge in [0.2, 0.25) is 0 Å². The van der Waals surface area contributed by atoms with E-state index >= 15 is 0 Å². The molecule has 6 heteroatoms. The molecule has 0 saturated carbocycles. The van der Waals surface area contributed by atoms with Gasteiger partial charge in [0.1, 0.15) is 11.4 Å². The number of nitrogen functional groups attached to an aromatic ring is 1. The molecule has 1 heterocycles. The Kier molecular flexibility index (Phi) is 6.24. The van der Waals surface area contributed by atoms with Gasteiger partial charge in [0.05, 0.1) is 18.5 Å². The lowest BCUT2D eigenvalue weighted by Crippen LogP contribution is -2.38. The lowest BCUT2D eigenvalue weighted by Gasteiger charge is -2.32. The van der Waals surface area contributed by atoms with E-state index < -0.39 is 5.97 Å². The van der Waals surface area contributed by atoms with Crippen LogP contribution < -0.4 is 10.6 Å². The molecule has 3 N–H and O–H groups in total. The van der Waals surface area contributed by atoms with Crippen molar-refractivity contribution in [2.75, 3.05) is 30.9 Å². The number of carboxylic acids is 1. The number of hydrogen-bond acceptors (Lipinski definition) is 5. The Morgan fingerprint density at radius 2 is 2.15 bits per heavy atom. The van der Waals surface area contributed by atoms with Gasteiger partial charge < -0.3 is 20.5 Å². The van der Waals surface area contributed by atoms with E-state index in [4.69, 9.17) is 10.5 Å². The number of pyridine rings is 1. The number of methoxy groups -OCH3 is 1. The van der Waals surface area contributed by atoms with E-state index in [2.05, 4.69) is 18.8 Å². The average Bonchev–Trinajstić information content (AvgIpc) is 2.43. The minimum atomic E-state index is -1.02. The largest absolute Gasteiger partial charge is 0.478 e. The molecule has 1 rings (SSSR count). The van der Waals surface area contributed by atoms with Crippen LogP contribution in [0.5, 0.6) is 0 Å². The van der Waals surface area contributed by atoms with Gasteiger partial charge in [-0.1, -0.05) is 13.8 Å². The van der Waals surface area contributed by atoms with Gasteiger partial charge in [-0.3, -0.25) is 0 Å². The van der Waals surface area contributed by atoms with E-state index in [0.717, 1.165) is 12.8 Å². The van der Waals surface area contributed by atoms with Crippen LogP contribution in [0.4, 0.5) is 11.5 Å². The Morgan fingerprint density at radius 1 is 1.50 bits per heavy atom. The van der Waals surface area contributed by atoms with Crippen LogP contribution in [0.3, 0.4) is 0 Å². The van der Waals surface area contributed by atoms with Gasteiger partial charge in [0.25, 0.3) is 0 Å². The van der Waals surface area contributed by atoms with Crippen LogP contribution in [0, 0.1) is 0 Å². The van der Waals surface area contributed by atoms with Gasteiger partial charge in [0.15, 0.2) is 0 Å². The van der Waals surface area contributed by atoms with Crippen molar-refractivity contribution in [2.24, 2.45) is 0 Å². The number of carbonyl (C=O) groups is 1. The zero-order chi connectivity index (χ0) is 15.1. The van der Waals surface area contributed by atoms with Crippen molar-refractivity contribution in [2.45, 2.75) is 32.7 Å². The summed E-state index contributed by atoms with van der Waals surface area (Å²) in [5, 5.41) is 9.34. The Balaban J connectivity index is 3.21. The Labute approximate surface area is 119 Å². The van der Waals surface area contributed by atoms with E-state index in [1.165, 1.54) is 12.3 Å². The highest BCUT2D eigenvalue weighted by Crippen LogP contribution is 2.24. The number of aromatic nitrogens is 1. The SMILES string of the molecule is CCC(CC)N(CCOC)c1ncc(N)cc1C(=O)O. The van der Waals surface area contributed by atoms with Gasteiger partial charge in [-0.2, -0.15) is 0 Å². The average molecular weight is 281 g/mol. The van der Waals surface area contributed by atoms with Crippen molar-refractivity contribution in [3.05, 3.63) is 17.8 Å². The molecule has 0 aliphatic carbocycles. The number of aromatic carboxylic acids is 1. The number of nitrogens with zero attached hydrogens (tertiary/aromatic N) is 2. The van der Waals surface area contributed by atoms with E-state index in [0.29, 0.717) is 24.7 Å². The van der Waals surface area contributed by atoms with E-state index in [9.17, 15) is 9.90 Å². The number of rotatable bonds is 8. The summed E-state index contributed by atoms with van der Waals surface area (Å²) in [5.74, 6) is -0.564. The first-order valence-corrected chi connectivity index (χ1v) is 6.79. The Hall–Kier alpha value is -1.82. The van der Waals surface area contributed by atoms with E-state index in [-0.39, 0.29) is 11.6 Å². The first-order valence-electron chi connectivity index (χ1n) is 6.79. The van der Waals surface area contributed by atoms with Crippen LogP contribution in [-0.2, 0) is 4.74 Å². The second-order valence-corrected chi connectivity index (χ2v) is 4.60. The molecule has 112 valence electrons. The minimum absolute atomic E-state index is 0.132. The Bertz CT molecular complexity index is 447. The normalized spacial score (nSPS) is 10.8. The third kappa shape index (κ3) is 3.84. The smallest absolute Gasteiger partial charge is 0.339 e. The monoisotopic (exact) mass is 281 g/mol. The second-order valence-electron chi connectivity index (χ2n) is 4.60. The quantitative estimate of drug-likeness (QED) is 0.757. The number of carboxylic acid groups (broad SMARTS) is 1. The molecule has 0 atom stereocenters. The van der Waals surface area contributed by atoms with Gasteiger partial charge in [-0.05, 0) is 18.9 Å². The fraction of sp³-hybridized carbons (Fsp3) is 0.571. The molecule has 0 radical (unpaired) electrons. The summed E-state index contributed by atoms with van der Waals surface area (Å²) in [6, 6.07) is 1.67. The first kappa shape index (κ1) is 16.2. The molecular weight excluding hydrogens is 258 g/mol. The van der Waals surface area contributed by atoms with Gasteiger partial charge in [-0.15, -0.1) is 0 Å². The van der Waals surface area contributed by atoms with Crippen LogP contribution in [-0.4, -0.2) is 42.4 Å². The zero-order valence-corrected chi connectivity index (χ0v) is 12.3.